The van der Waals surface area contributed by atoms with Gasteiger partial charge in [0.05, 0.1) is 0 Å². The van der Waals surface area contributed by atoms with Gasteiger partial charge in [-0.3, -0.25) is 18.9 Å². The second-order valence-corrected chi connectivity index (χ2v) is 7.45. The fourth-order valence-electron chi connectivity index (χ4n) is 2.98. The highest BCUT2D eigenvalue weighted by molar-refractivity contribution is 7.15. The number of hydrogen-bond acceptors (Lipinski definition) is 5. The molecule has 6 nitrogen and oxygen atoms in total. The van der Waals surface area contributed by atoms with Gasteiger partial charge in [-0.25, -0.2) is 4.98 Å². The van der Waals surface area contributed by atoms with Crippen LogP contribution in [0.1, 0.15) is 43.5 Å². The maximum atomic E-state index is 12.4. The van der Waals surface area contributed by atoms with Crippen molar-refractivity contribution in [2.45, 2.75) is 38.6 Å². The molecular weight excluding hydrogens is 312 g/mol. The fourth-order valence-corrected chi connectivity index (χ4v) is 3.66. The summed E-state index contributed by atoms with van der Waals surface area (Å²) in [5.74, 6) is -0.354. The molecule has 2 aromatic heterocycles. The topological polar surface area (TPSA) is 66.7 Å². The van der Waals surface area contributed by atoms with E-state index in [1.165, 1.54) is 41.2 Å². The summed E-state index contributed by atoms with van der Waals surface area (Å²) in [7, 11) is 0. The Bertz CT molecular complexity index is 759. The highest BCUT2D eigenvalue weighted by Gasteiger charge is 2.28. The molecule has 1 N–H and O–H groups in total. The maximum absolute atomic E-state index is 12.4. The van der Waals surface area contributed by atoms with E-state index in [0.29, 0.717) is 11.5 Å². The molecule has 2 aromatic rings. The van der Waals surface area contributed by atoms with E-state index in [9.17, 15) is 9.59 Å². The molecule has 1 aliphatic heterocycles. The van der Waals surface area contributed by atoms with Crippen LogP contribution in [0.3, 0.4) is 0 Å². The van der Waals surface area contributed by atoms with Gasteiger partial charge in [-0.1, -0.05) is 6.42 Å². The van der Waals surface area contributed by atoms with Crippen molar-refractivity contribution in [2.75, 3.05) is 19.6 Å². The van der Waals surface area contributed by atoms with E-state index in [-0.39, 0.29) is 22.6 Å². The third-order valence-electron chi connectivity index (χ3n) is 4.48. The Kier molecular flexibility index (Phi) is 4.50. The Morgan fingerprint density at radius 3 is 2.83 bits per heavy atom. The first-order valence-corrected chi connectivity index (χ1v) is 8.85. The third kappa shape index (κ3) is 3.30. The Hall–Kier alpha value is -1.73. The van der Waals surface area contributed by atoms with Crippen LogP contribution in [0.15, 0.2) is 22.6 Å². The number of rotatable bonds is 4. The molecule has 0 saturated carbocycles. The van der Waals surface area contributed by atoms with Gasteiger partial charge in [0.2, 0.25) is 0 Å². The molecule has 0 atom stereocenters. The van der Waals surface area contributed by atoms with E-state index in [1.54, 1.807) is 11.6 Å². The van der Waals surface area contributed by atoms with Crippen LogP contribution in [-0.4, -0.2) is 45.4 Å². The van der Waals surface area contributed by atoms with Crippen LogP contribution in [0.5, 0.6) is 0 Å². The number of amides is 1. The average molecular weight is 334 g/mol. The zero-order valence-corrected chi connectivity index (χ0v) is 14.4. The molecule has 0 radical (unpaired) electrons. The highest BCUT2D eigenvalue weighted by atomic mass is 32.1. The molecule has 1 aliphatic rings. The minimum Gasteiger partial charge on any atom is -0.350 e. The van der Waals surface area contributed by atoms with Crippen molar-refractivity contribution < 1.29 is 4.79 Å². The van der Waals surface area contributed by atoms with Gasteiger partial charge >= 0.3 is 0 Å². The SMILES string of the molecule is CC(C)(CNC(=O)c1cnc2sccn2c1=O)N1CCCCC1. The number of piperidine rings is 1. The van der Waals surface area contributed by atoms with Crippen LogP contribution in [0, 0.1) is 0 Å². The number of thiazole rings is 1. The van der Waals surface area contributed by atoms with Crippen LogP contribution < -0.4 is 10.9 Å². The molecule has 1 amide bonds. The molecule has 0 unspecified atom stereocenters. The minimum atomic E-state index is -0.354. The molecule has 7 heteroatoms. The van der Waals surface area contributed by atoms with E-state index >= 15 is 0 Å². The number of hydrogen-bond donors (Lipinski definition) is 1. The van der Waals surface area contributed by atoms with Crippen LogP contribution in [0.4, 0.5) is 0 Å². The number of fused-ring (bicyclic) bond motifs is 1. The first kappa shape index (κ1) is 16.1. The fraction of sp³-hybridized carbons (Fsp3) is 0.562. The molecule has 3 heterocycles. The number of aromatic nitrogens is 2. The lowest BCUT2D eigenvalue weighted by atomic mass is 9.98. The number of nitrogens with one attached hydrogen (secondary N) is 1. The summed E-state index contributed by atoms with van der Waals surface area (Å²) in [6.45, 7) is 6.90. The van der Waals surface area contributed by atoms with Gasteiger partial charge in [0.25, 0.3) is 11.5 Å². The Morgan fingerprint density at radius 1 is 1.35 bits per heavy atom. The number of carbonyl (C=O) groups is 1. The van der Waals surface area contributed by atoms with Crippen LogP contribution >= 0.6 is 11.3 Å². The summed E-state index contributed by atoms with van der Waals surface area (Å²) in [6, 6.07) is 0. The highest BCUT2D eigenvalue weighted by Crippen LogP contribution is 2.19. The number of nitrogens with zero attached hydrogens (tertiary/aromatic N) is 3. The lowest BCUT2D eigenvalue weighted by molar-refractivity contribution is 0.0796. The Labute approximate surface area is 139 Å². The molecule has 0 aromatic carbocycles. The third-order valence-corrected chi connectivity index (χ3v) is 5.25. The van der Waals surface area contributed by atoms with Gasteiger partial charge in [0, 0.05) is 29.9 Å². The van der Waals surface area contributed by atoms with Crippen LogP contribution in [0.2, 0.25) is 0 Å². The summed E-state index contributed by atoms with van der Waals surface area (Å²) in [5.41, 5.74) is -0.341. The summed E-state index contributed by atoms with van der Waals surface area (Å²) < 4.78 is 1.41. The van der Waals surface area contributed by atoms with Gasteiger partial charge in [-0.2, -0.15) is 0 Å². The molecule has 23 heavy (non-hydrogen) atoms. The second kappa shape index (κ2) is 6.41. The van der Waals surface area contributed by atoms with Crippen molar-refractivity contribution in [2.24, 2.45) is 0 Å². The Balaban J connectivity index is 1.70. The van der Waals surface area contributed by atoms with Crippen LogP contribution in [-0.2, 0) is 0 Å². The van der Waals surface area contributed by atoms with Crippen molar-refractivity contribution in [1.82, 2.24) is 19.6 Å². The summed E-state index contributed by atoms with van der Waals surface area (Å²) in [5, 5.41) is 4.69. The molecule has 0 bridgehead atoms. The number of carbonyl (C=O) groups excluding carboxylic acids is 1. The van der Waals surface area contributed by atoms with Gasteiger partial charge in [-0.15, -0.1) is 11.3 Å². The quantitative estimate of drug-likeness (QED) is 0.925. The number of likely N-dealkylation sites (tertiary alicyclic amines) is 1. The molecule has 1 fully saturated rings. The maximum Gasteiger partial charge on any atom is 0.271 e. The van der Waals surface area contributed by atoms with Crippen molar-refractivity contribution >= 4 is 22.2 Å². The first-order valence-electron chi connectivity index (χ1n) is 7.97. The largest absolute Gasteiger partial charge is 0.350 e. The molecule has 0 aliphatic carbocycles. The van der Waals surface area contributed by atoms with E-state index in [4.69, 9.17) is 0 Å². The lowest BCUT2D eigenvalue weighted by Gasteiger charge is -2.41. The van der Waals surface area contributed by atoms with Crippen molar-refractivity contribution in [3.63, 3.8) is 0 Å². The van der Waals surface area contributed by atoms with Crippen molar-refractivity contribution in [3.05, 3.63) is 33.7 Å². The smallest absolute Gasteiger partial charge is 0.271 e. The predicted molar refractivity (Wildman–Crippen MR) is 91.2 cm³/mol. The van der Waals surface area contributed by atoms with Gasteiger partial charge < -0.3 is 5.32 Å². The lowest BCUT2D eigenvalue weighted by Crippen LogP contribution is -2.53. The van der Waals surface area contributed by atoms with E-state index in [0.717, 1.165) is 13.1 Å². The Morgan fingerprint density at radius 2 is 2.09 bits per heavy atom. The predicted octanol–water partition coefficient (Wildman–Crippen LogP) is 1.75. The zero-order chi connectivity index (χ0) is 16.4. The van der Waals surface area contributed by atoms with Gasteiger partial charge in [0.1, 0.15) is 5.56 Å². The summed E-state index contributed by atoms with van der Waals surface area (Å²) in [6.07, 6.45) is 6.71. The molecule has 0 spiro atoms. The second-order valence-electron chi connectivity index (χ2n) is 6.58. The monoisotopic (exact) mass is 334 g/mol. The van der Waals surface area contributed by atoms with Gasteiger partial charge in [0.15, 0.2) is 4.96 Å². The first-order chi connectivity index (χ1) is 11.0. The van der Waals surface area contributed by atoms with Gasteiger partial charge in [-0.05, 0) is 39.8 Å². The average Bonchev–Trinajstić information content (AvgIpc) is 3.03. The molecule has 1 saturated heterocycles. The summed E-state index contributed by atoms with van der Waals surface area (Å²) >= 11 is 1.37. The van der Waals surface area contributed by atoms with Crippen LogP contribution in [0.25, 0.3) is 4.96 Å². The molecular formula is C16H22N4O2S. The van der Waals surface area contributed by atoms with E-state index < -0.39 is 0 Å². The van der Waals surface area contributed by atoms with Crippen molar-refractivity contribution in [3.8, 4) is 0 Å². The normalized spacial score (nSPS) is 16.6. The standard InChI is InChI=1S/C16H22N4O2S/c1-16(2,19-6-4-3-5-7-19)11-18-13(21)12-10-17-15-20(14(12)22)8-9-23-15/h8-10H,3-7,11H2,1-2H3,(H,18,21). The summed E-state index contributed by atoms with van der Waals surface area (Å²) in [4.78, 5) is 31.9. The van der Waals surface area contributed by atoms with E-state index in [2.05, 4.69) is 29.0 Å². The van der Waals surface area contributed by atoms with E-state index in [1.807, 2.05) is 0 Å². The van der Waals surface area contributed by atoms with Crippen molar-refractivity contribution in [1.29, 1.82) is 0 Å². The molecule has 124 valence electrons. The zero-order valence-electron chi connectivity index (χ0n) is 13.5. The molecule has 3 rings (SSSR count). The minimum absolute atomic E-state index is 0.0929.